The molecule has 0 aromatic rings. The van der Waals surface area contributed by atoms with Crippen LogP contribution in [0, 0.1) is 40.4 Å². The Bertz CT molecular complexity index is 572. The van der Waals surface area contributed by atoms with Gasteiger partial charge >= 0.3 is 5.97 Å². The normalized spacial score (nSPS) is 53.9. The summed E-state index contributed by atoms with van der Waals surface area (Å²) in [6.07, 6.45) is 6.31. The molecule has 2 N–H and O–H groups in total. The van der Waals surface area contributed by atoms with Gasteiger partial charge in [0.2, 0.25) is 0 Å². The highest BCUT2D eigenvalue weighted by atomic mass is 16.4. The lowest BCUT2D eigenvalue weighted by atomic mass is 9.44. The number of Topliss-reactive ketones (excluding diaryl/α,β-unsaturated/α-hetero) is 1. The van der Waals surface area contributed by atoms with Crippen molar-refractivity contribution in [1.29, 1.82) is 0 Å². The zero-order valence-electron chi connectivity index (χ0n) is 14.8. The van der Waals surface area contributed by atoms with Gasteiger partial charge in [-0.3, -0.25) is 9.59 Å². The molecule has 24 heavy (non-hydrogen) atoms. The minimum atomic E-state index is -0.686. The van der Waals surface area contributed by atoms with Gasteiger partial charge in [0.05, 0.1) is 12.0 Å². The largest absolute Gasteiger partial charge is 0.481 e. The molecule has 0 bridgehead atoms. The van der Waals surface area contributed by atoms with E-state index in [0.29, 0.717) is 42.8 Å². The van der Waals surface area contributed by atoms with Gasteiger partial charge in [-0.2, -0.15) is 0 Å². The Kier molecular flexibility index (Phi) is 3.66. The summed E-state index contributed by atoms with van der Waals surface area (Å²) in [7, 11) is 0. The van der Waals surface area contributed by atoms with Gasteiger partial charge in [-0.05, 0) is 73.0 Å². The Hall–Kier alpha value is -0.900. The van der Waals surface area contributed by atoms with Crippen LogP contribution in [-0.4, -0.2) is 28.1 Å². The third-order valence-corrected chi connectivity index (χ3v) is 8.71. The highest BCUT2D eigenvalue weighted by Crippen LogP contribution is 2.67. The van der Waals surface area contributed by atoms with Crippen molar-refractivity contribution in [3.63, 3.8) is 0 Å². The van der Waals surface area contributed by atoms with Gasteiger partial charge in [-0.15, -0.1) is 0 Å². The van der Waals surface area contributed by atoms with Crippen LogP contribution >= 0.6 is 0 Å². The number of aliphatic hydroxyl groups is 1. The second-order valence-corrected chi connectivity index (χ2v) is 9.56. The molecule has 134 valence electrons. The van der Waals surface area contributed by atoms with Crippen molar-refractivity contribution in [3.8, 4) is 0 Å². The van der Waals surface area contributed by atoms with Gasteiger partial charge in [0.15, 0.2) is 0 Å². The Morgan fingerprint density at radius 3 is 2.58 bits per heavy atom. The fourth-order valence-corrected chi connectivity index (χ4v) is 7.58. The number of carbonyl (C=O) groups excluding carboxylic acids is 1. The number of ketones is 1. The first kappa shape index (κ1) is 16.6. The molecule has 0 radical (unpaired) electrons. The van der Waals surface area contributed by atoms with E-state index in [-0.39, 0.29) is 22.7 Å². The van der Waals surface area contributed by atoms with E-state index in [1.165, 1.54) is 0 Å². The number of hydrogen-bond donors (Lipinski definition) is 2. The Balaban J connectivity index is 1.68. The first-order valence-electron chi connectivity index (χ1n) is 9.70. The molecule has 0 aromatic carbocycles. The van der Waals surface area contributed by atoms with Crippen LogP contribution in [0.4, 0.5) is 0 Å². The van der Waals surface area contributed by atoms with E-state index >= 15 is 0 Å². The van der Waals surface area contributed by atoms with Crippen LogP contribution in [0.2, 0.25) is 0 Å². The average Bonchev–Trinajstić information content (AvgIpc) is 2.84. The van der Waals surface area contributed by atoms with Crippen LogP contribution in [0.25, 0.3) is 0 Å². The lowest BCUT2D eigenvalue weighted by Gasteiger charge is -2.61. The number of hydrogen-bond acceptors (Lipinski definition) is 3. The summed E-state index contributed by atoms with van der Waals surface area (Å²) in [6, 6.07) is 0. The number of carboxylic acid groups (broad SMARTS) is 1. The van der Waals surface area contributed by atoms with Crippen LogP contribution in [0.3, 0.4) is 0 Å². The molecule has 0 aromatic heterocycles. The van der Waals surface area contributed by atoms with Crippen molar-refractivity contribution in [2.45, 2.75) is 71.3 Å². The first-order valence-corrected chi connectivity index (χ1v) is 9.70. The van der Waals surface area contributed by atoms with Gasteiger partial charge in [0.1, 0.15) is 5.78 Å². The SMILES string of the molecule is CC12CCC(=O)CC1CCC1C2[C@@H](O)CC2(C)C1CC[C@@H]2C(=O)O. The fourth-order valence-electron chi connectivity index (χ4n) is 7.58. The molecule has 4 aliphatic carbocycles. The second kappa shape index (κ2) is 5.30. The number of carboxylic acids is 1. The maximum atomic E-state index is 11.9. The molecule has 6 unspecified atom stereocenters. The molecule has 0 spiro atoms. The predicted molar refractivity (Wildman–Crippen MR) is 89.2 cm³/mol. The molecule has 4 saturated carbocycles. The Labute approximate surface area is 144 Å². The molecule has 4 heteroatoms. The second-order valence-electron chi connectivity index (χ2n) is 9.56. The van der Waals surface area contributed by atoms with Gasteiger partial charge in [-0.1, -0.05) is 13.8 Å². The van der Waals surface area contributed by atoms with Gasteiger partial charge in [0, 0.05) is 12.8 Å². The number of carbonyl (C=O) groups is 2. The fraction of sp³-hybridized carbons (Fsp3) is 0.900. The number of aliphatic hydroxyl groups excluding tert-OH is 1. The van der Waals surface area contributed by atoms with Crippen LogP contribution in [0.5, 0.6) is 0 Å². The van der Waals surface area contributed by atoms with E-state index in [1.807, 2.05) is 0 Å². The quantitative estimate of drug-likeness (QED) is 0.772. The van der Waals surface area contributed by atoms with Crippen molar-refractivity contribution in [2.75, 3.05) is 0 Å². The van der Waals surface area contributed by atoms with Crippen LogP contribution in [-0.2, 0) is 9.59 Å². The average molecular weight is 334 g/mol. The van der Waals surface area contributed by atoms with Crippen molar-refractivity contribution in [3.05, 3.63) is 0 Å². The molecule has 4 aliphatic rings. The molecule has 8 atom stereocenters. The van der Waals surface area contributed by atoms with Crippen LogP contribution in [0.15, 0.2) is 0 Å². The van der Waals surface area contributed by atoms with E-state index in [4.69, 9.17) is 0 Å². The van der Waals surface area contributed by atoms with Gasteiger partial charge in [-0.25, -0.2) is 0 Å². The summed E-state index contributed by atoms with van der Waals surface area (Å²) in [5.41, 5.74) is -0.209. The summed E-state index contributed by atoms with van der Waals surface area (Å²) in [5.74, 6) is 0.897. The smallest absolute Gasteiger partial charge is 0.307 e. The molecular formula is C20H30O4. The summed E-state index contributed by atoms with van der Waals surface area (Å²) in [4.78, 5) is 23.7. The van der Waals surface area contributed by atoms with Gasteiger partial charge < -0.3 is 10.2 Å². The summed E-state index contributed by atoms with van der Waals surface area (Å²) >= 11 is 0. The van der Waals surface area contributed by atoms with Crippen molar-refractivity contribution < 1.29 is 19.8 Å². The highest BCUT2D eigenvalue weighted by Gasteiger charge is 2.64. The standard InChI is InChI=1S/C20H30O4/c1-19-8-7-12(21)9-11(19)3-4-13-14-5-6-15(18(23)24)20(14,2)10-16(22)17(13)19/h11,13-17,22H,3-10H2,1-2H3,(H,23,24)/t11?,13?,14?,15-,16+,17?,19?,20?/m1/s1. The first-order chi connectivity index (χ1) is 11.3. The van der Waals surface area contributed by atoms with E-state index in [0.717, 1.165) is 32.1 Å². The highest BCUT2D eigenvalue weighted by molar-refractivity contribution is 5.79. The summed E-state index contributed by atoms with van der Waals surface area (Å²) < 4.78 is 0. The minimum absolute atomic E-state index is 0.0544. The Morgan fingerprint density at radius 1 is 1.12 bits per heavy atom. The predicted octanol–water partition coefficient (Wildman–Crippen LogP) is 3.27. The van der Waals surface area contributed by atoms with E-state index in [1.54, 1.807) is 0 Å². The van der Waals surface area contributed by atoms with E-state index in [2.05, 4.69) is 13.8 Å². The van der Waals surface area contributed by atoms with Crippen LogP contribution < -0.4 is 0 Å². The molecule has 4 rings (SSSR count). The van der Waals surface area contributed by atoms with Gasteiger partial charge in [0.25, 0.3) is 0 Å². The molecule has 0 heterocycles. The molecular weight excluding hydrogens is 304 g/mol. The van der Waals surface area contributed by atoms with Crippen molar-refractivity contribution in [1.82, 2.24) is 0 Å². The Morgan fingerprint density at radius 2 is 1.88 bits per heavy atom. The van der Waals surface area contributed by atoms with E-state index in [9.17, 15) is 19.8 Å². The van der Waals surface area contributed by atoms with E-state index < -0.39 is 12.1 Å². The third-order valence-electron chi connectivity index (χ3n) is 8.71. The summed E-state index contributed by atoms with van der Waals surface area (Å²) in [5, 5.41) is 20.8. The maximum Gasteiger partial charge on any atom is 0.307 e. The number of aliphatic carboxylic acids is 1. The monoisotopic (exact) mass is 334 g/mol. The summed E-state index contributed by atoms with van der Waals surface area (Å²) in [6.45, 7) is 4.41. The van der Waals surface area contributed by atoms with Crippen LogP contribution in [0.1, 0.15) is 65.2 Å². The molecule has 0 saturated heterocycles. The van der Waals surface area contributed by atoms with Crippen molar-refractivity contribution in [2.24, 2.45) is 40.4 Å². The molecule has 4 nitrogen and oxygen atoms in total. The number of rotatable bonds is 1. The number of fused-ring (bicyclic) bond motifs is 5. The maximum absolute atomic E-state index is 11.9. The van der Waals surface area contributed by atoms with Crippen molar-refractivity contribution >= 4 is 11.8 Å². The lowest BCUT2D eigenvalue weighted by Crippen LogP contribution is -2.59. The third kappa shape index (κ3) is 2.07. The lowest BCUT2D eigenvalue weighted by molar-refractivity contribution is -0.178. The minimum Gasteiger partial charge on any atom is -0.481 e. The molecule has 0 amide bonds. The molecule has 4 fully saturated rings. The topological polar surface area (TPSA) is 74.6 Å². The zero-order valence-corrected chi connectivity index (χ0v) is 14.8. The zero-order chi connectivity index (χ0) is 17.3. The molecule has 0 aliphatic heterocycles.